The van der Waals surface area contributed by atoms with Crippen molar-refractivity contribution in [2.45, 2.75) is 57.9 Å². The van der Waals surface area contributed by atoms with Gasteiger partial charge >= 0.3 is 0 Å². The summed E-state index contributed by atoms with van der Waals surface area (Å²) in [4.78, 5) is 4.84. The minimum Gasteiger partial charge on any atom is -0.317 e. The summed E-state index contributed by atoms with van der Waals surface area (Å²) in [6, 6.07) is 0.585. The van der Waals surface area contributed by atoms with Gasteiger partial charge in [-0.1, -0.05) is 20.8 Å². The van der Waals surface area contributed by atoms with Gasteiger partial charge in [-0.15, -0.1) is 11.3 Å². The van der Waals surface area contributed by atoms with Crippen LogP contribution in [0.5, 0.6) is 0 Å². The summed E-state index contributed by atoms with van der Waals surface area (Å²) in [6.07, 6.45) is 5.18. The predicted molar refractivity (Wildman–Crippen MR) is 92.0 cm³/mol. The molecule has 0 radical (unpaired) electrons. The highest BCUT2D eigenvalue weighted by Gasteiger charge is 2.21. The van der Waals surface area contributed by atoms with Gasteiger partial charge < -0.3 is 5.32 Å². The van der Waals surface area contributed by atoms with E-state index < -0.39 is 0 Å². The summed E-state index contributed by atoms with van der Waals surface area (Å²) in [7, 11) is 2.10. The molecular weight excluding hydrogens is 284 g/mol. The molecule has 1 aliphatic rings. The Balaban J connectivity index is 1.90. The van der Waals surface area contributed by atoms with E-state index >= 15 is 0 Å². The molecule has 0 aromatic carbocycles. The molecule has 2 heterocycles. The fraction of sp³-hybridized carbons (Fsp3) is 0.812. The van der Waals surface area contributed by atoms with Crippen LogP contribution in [0.1, 0.15) is 50.7 Å². The Morgan fingerprint density at radius 3 is 2.60 bits per heavy atom. The van der Waals surface area contributed by atoms with Crippen LogP contribution in [-0.2, 0) is 11.8 Å². The Bertz CT molecular complexity index is 403. The average Bonchev–Trinajstić information content (AvgIpc) is 2.87. The van der Waals surface area contributed by atoms with Crippen LogP contribution < -0.4 is 5.32 Å². The summed E-state index contributed by atoms with van der Waals surface area (Å²) >= 11 is 3.94. The van der Waals surface area contributed by atoms with E-state index in [0.717, 1.165) is 12.3 Å². The van der Waals surface area contributed by atoms with E-state index in [1.165, 1.54) is 41.5 Å². The fourth-order valence-corrected chi connectivity index (χ4v) is 4.95. The van der Waals surface area contributed by atoms with Crippen LogP contribution in [0.15, 0.2) is 5.38 Å². The maximum Gasteiger partial charge on any atom is 0.0944 e. The summed E-state index contributed by atoms with van der Waals surface area (Å²) in [5.41, 5.74) is 1.41. The van der Waals surface area contributed by atoms with Crippen molar-refractivity contribution >= 4 is 23.1 Å². The molecule has 4 heteroatoms. The van der Waals surface area contributed by atoms with Crippen molar-refractivity contribution in [2.75, 3.05) is 18.6 Å². The van der Waals surface area contributed by atoms with Gasteiger partial charge in [0.05, 0.1) is 10.7 Å². The largest absolute Gasteiger partial charge is 0.317 e. The van der Waals surface area contributed by atoms with Gasteiger partial charge in [-0.25, -0.2) is 4.98 Å². The van der Waals surface area contributed by atoms with E-state index in [2.05, 4.69) is 50.3 Å². The minimum absolute atomic E-state index is 0.171. The van der Waals surface area contributed by atoms with E-state index in [0.29, 0.717) is 6.04 Å². The molecule has 2 rings (SSSR count). The van der Waals surface area contributed by atoms with Crippen LogP contribution in [0.2, 0.25) is 0 Å². The molecule has 1 aliphatic heterocycles. The molecule has 1 atom stereocenters. The zero-order valence-electron chi connectivity index (χ0n) is 13.2. The molecule has 1 N–H and O–H groups in total. The maximum absolute atomic E-state index is 4.84. The van der Waals surface area contributed by atoms with Crippen molar-refractivity contribution in [3.8, 4) is 0 Å². The second-order valence-corrected chi connectivity index (χ2v) is 9.03. The highest BCUT2D eigenvalue weighted by atomic mass is 32.2. The monoisotopic (exact) mass is 312 g/mol. The Morgan fingerprint density at radius 1 is 1.35 bits per heavy atom. The van der Waals surface area contributed by atoms with Gasteiger partial charge in [0.1, 0.15) is 0 Å². The number of hydrogen-bond donors (Lipinski definition) is 1. The second kappa shape index (κ2) is 7.28. The second-order valence-electron chi connectivity index (χ2n) is 6.86. The lowest BCUT2D eigenvalue weighted by atomic mass is 9.92. The van der Waals surface area contributed by atoms with Gasteiger partial charge in [-0.3, -0.25) is 0 Å². The molecule has 0 bridgehead atoms. The first-order valence-corrected chi connectivity index (χ1v) is 9.72. The molecule has 1 saturated heterocycles. The number of thiazole rings is 1. The van der Waals surface area contributed by atoms with Crippen molar-refractivity contribution in [3.05, 3.63) is 16.1 Å². The van der Waals surface area contributed by atoms with Gasteiger partial charge in [0.15, 0.2) is 0 Å². The number of thioether (sulfide) groups is 1. The van der Waals surface area contributed by atoms with Gasteiger partial charge in [0.25, 0.3) is 0 Å². The van der Waals surface area contributed by atoms with Crippen molar-refractivity contribution in [2.24, 2.45) is 5.92 Å². The van der Waals surface area contributed by atoms with E-state index in [1.54, 1.807) is 0 Å². The number of hydrogen-bond acceptors (Lipinski definition) is 4. The molecule has 2 nitrogen and oxygen atoms in total. The number of likely N-dealkylation sites (N-methyl/N-ethyl adjacent to an activating group) is 1. The standard InChI is InChI=1S/C16H28N2S2/c1-16(2,3)14-11-20-15(18-14)10-13(17-4)9-12-5-7-19-8-6-12/h11-13,17H,5-10H2,1-4H3. The van der Waals surface area contributed by atoms with Crippen molar-refractivity contribution in [3.63, 3.8) is 0 Å². The minimum atomic E-state index is 0.171. The highest BCUT2D eigenvalue weighted by Crippen LogP contribution is 2.28. The number of nitrogens with one attached hydrogen (secondary N) is 1. The zero-order chi connectivity index (χ0) is 14.6. The first kappa shape index (κ1) is 16.3. The summed E-state index contributed by atoms with van der Waals surface area (Å²) in [5, 5.41) is 7.03. The van der Waals surface area contributed by atoms with Crippen molar-refractivity contribution in [1.29, 1.82) is 0 Å². The Hall–Kier alpha value is -0.0600. The topological polar surface area (TPSA) is 24.9 Å². The van der Waals surface area contributed by atoms with Gasteiger partial charge in [0.2, 0.25) is 0 Å². The van der Waals surface area contributed by atoms with E-state index in [1.807, 2.05) is 11.3 Å². The van der Waals surface area contributed by atoms with Gasteiger partial charge in [0, 0.05) is 23.3 Å². The molecule has 0 saturated carbocycles. The maximum atomic E-state index is 4.84. The molecule has 20 heavy (non-hydrogen) atoms. The molecule has 1 aromatic rings. The zero-order valence-corrected chi connectivity index (χ0v) is 14.9. The first-order valence-electron chi connectivity index (χ1n) is 7.69. The normalized spacial score (nSPS) is 19.2. The lowest BCUT2D eigenvalue weighted by molar-refractivity contribution is 0.375. The lowest BCUT2D eigenvalue weighted by Crippen LogP contribution is -2.31. The fourth-order valence-electron chi connectivity index (χ4n) is 2.65. The van der Waals surface area contributed by atoms with Crippen LogP contribution in [0, 0.1) is 5.92 Å². The molecule has 1 fully saturated rings. The Labute approximate surface area is 132 Å². The van der Waals surface area contributed by atoms with Gasteiger partial charge in [-0.2, -0.15) is 11.8 Å². The van der Waals surface area contributed by atoms with Crippen LogP contribution >= 0.6 is 23.1 Å². The van der Waals surface area contributed by atoms with Crippen LogP contribution in [-0.4, -0.2) is 29.6 Å². The Kier molecular flexibility index (Phi) is 5.94. The quantitative estimate of drug-likeness (QED) is 0.886. The molecule has 0 aliphatic carbocycles. The van der Waals surface area contributed by atoms with Crippen LogP contribution in [0.3, 0.4) is 0 Å². The SMILES string of the molecule is CNC(Cc1nc(C(C)(C)C)cs1)CC1CCSCC1. The number of aromatic nitrogens is 1. The molecule has 114 valence electrons. The molecule has 1 unspecified atom stereocenters. The smallest absolute Gasteiger partial charge is 0.0944 e. The third-order valence-corrected chi connectivity index (χ3v) is 6.03. The van der Waals surface area contributed by atoms with Crippen LogP contribution in [0.25, 0.3) is 0 Å². The third kappa shape index (κ3) is 4.74. The summed E-state index contributed by atoms with van der Waals surface area (Å²) in [5.74, 6) is 3.62. The lowest BCUT2D eigenvalue weighted by Gasteiger charge is -2.25. The summed E-state index contributed by atoms with van der Waals surface area (Å²) in [6.45, 7) is 6.71. The molecule has 1 aromatic heterocycles. The number of rotatable bonds is 5. The van der Waals surface area contributed by atoms with Crippen molar-refractivity contribution in [1.82, 2.24) is 10.3 Å². The molecule has 0 spiro atoms. The van der Waals surface area contributed by atoms with E-state index in [-0.39, 0.29) is 5.41 Å². The molecule has 0 amide bonds. The average molecular weight is 313 g/mol. The highest BCUT2D eigenvalue weighted by molar-refractivity contribution is 7.99. The molecular formula is C16H28N2S2. The first-order chi connectivity index (χ1) is 9.49. The third-order valence-electron chi connectivity index (χ3n) is 4.11. The van der Waals surface area contributed by atoms with Crippen molar-refractivity contribution < 1.29 is 0 Å². The Morgan fingerprint density at radius 2 is 2.05 bits per heavy atom. The predicted octanol–water partition coefficient (Wildman–Crippen LogP) is 4.10. The van der Waals surface area contributed by atoms with Gasteiger partial charge in [-0.05, 0) is 43.7 Å². The van der Waals surface area contributed by atoms with E-state index in [4.69, 9.17) is 4.98 Å². The van der Waals surface area contributed by atoms with Crippen LogP contribution in [0.4, 0.5) is 0 Å². The summed E-state index contributed by atoms with van der Waals surface area (Å²) < 4.78 is 0. The van der Waals surface area contributed by atoms with E-state index in [9.17, 15) is 0 Å². The number of nitrogens with zero attached hydrogens (tertiary/aromatic N) is 1.